The highest BCUT2D eigenvalue weighted by molar-refractivity contribution is 7.99. The molecule has 1 aromatic heterocycles. The van der Waals surface area contributed by atoms with E-state index in [2.05, 4.69) is 21.3 Å². The topological polar surface area (TPSA) is 68.3 Å². The fourth-order valence-corrected chi connectivity index (χ4v) is 4.14. The number of ether oxygens (including phenoxy) is 1. The van der Waals surface area contributed by atoms with E-state index in [-0.39, 0.29) is 11.5 Å². The van der Waals surface area contributed by atoms with E-state index >= 15 is 0 Å². The number of anilines is 1. The Morgan fingerprint density at radius 3 is 2.52 bits per heavy atom. The molecule has 1 N–H and O–H groups in total. The molecule has 1 heterocycles. The molecule has 116 valence electrons. The lowest BCUT2D eigenvalue weighted by atomic mass is 9.95. The second-order valence-electron chi connectivity index (χ2n) is 5.10. The van der Waals surface area contributed by atoms with Gasteiger partial charge in [0.2, 0.25) is 0 Å². The summed E-state index contributed by atoms with van der Waals surface area (Å²) in [7, 11) is 1.29. The van der Waals surface area contributed by atoms with Gasteiger partial charge >= 0.3 is 5.97 Å². The van der Waals surface area contributed by atoms with Gasteiger partial charge in [0.05, 0.1) is 7.11 Å². The van der Waals surface area contributed by atoms with E-state index in [0.29, 0.717) is 16.1 Å². The molecule has 0 saturated heterocycles. The van der Waals surface area contributed by atoms with Crippen molar-refractivity contribution in [3.63, 3.8) is 0 Å². The molecule has 1 saturated carbocycles. The van der Waals surface area contributed by atoms with Gasteiger partial charge < -0.3 is 10.1 Å². The number of ketones is 1. The quantitative estimate of drug-likeness (QED) is 0.661. The van der Waals surface area contributed by atoms with Gasteiger partial charge in [0.15, 0.2) is 16.6 Å². The highest BCUT2D eigenvalue weighted by Gasteiger charge is 2.25. The number of aromatic nitrogens is 1. The maximum absolute atomic E-state index is 11.7. The Labute approximate surface area is 132 Å². The molecule has 1 aliphatic carbocycles. The number of nitrogens with one attached hydrogen (secondary N) is 1. The zero-order valence-corrected chi connectivity index (χ0v) is 14.1. The van der Waals surface area contributed by atoms with E-state index in [9.17, 15) is 9.59 Å². The molecule has 1 aromatic rings. The summed E-state index contributed by atoms with van der Waals surface area (Å²) in [4.78, 5) is 27.9. The minimum Gasteiger partial charge on any atom is -0.464 e. The third-order valence-electron chi connectivity index (χ3n) is 3.66. The van der Waals surface area contributed by atoms with Crippen molar-refractivity contribution < 1.29 is 14.3 Å². The molecule has 0 atom stereocenters. The Kier molecular flexibility index (Phi) is 5.64. The molecule has 0 spiro atoms. The lowest BCUT2D eigenvalue weighted by Gasteiger charge is -2.27. The Hall–Kier alpha value is -1.08. The zero-order valence-electron chi connectivity index (χ0n) is 12.5. The van der Waals surface area contributed by atoms with Gasteiger partial charge in [0.1, 0.15) is 4.88 Å². The fraction of sp³-hybridized carbons (Fsp3) is 0.643. The van der Waals surface area contributed by atoms with E-state index in [1.54, 1.807) is 0 Å². The van der Waals surface area contributed by atoms with Gasteiger partial charge in [-0.3, -0.25) is 4.79 Å². The lowest BCUT2D eigenvalue weighted by Crippen LogP contribution is -2.27. The van der Waals surface area contributed by atoms with Gasteiger partial charge in [-0.25, -0.2) is 9.78 Å². The summed E-state index contributed by atoms with van der Waals surface area (Å²) in [6.45, 7) is 1.44. The average molecular weight is 328 g/mol. The van der Waals surface area contributed by atoms with Crippen LogP contribution in [-0.2, 0) is 4.74 Å². The van der Waals surface area contributed by atoms with Gasteiger partial charge in [-0.1, -0.05) is 11.3 Å². The maximum Gasteiger partial charge on any atom is 0.358 e. The van der Waals surface area contributed by atoms with Crippen LogP contribution >= 0.6 is 23.1 Å². The first-order valence-electron chi connectivity index (χ1n) is 6.94. The zero-order chi connectivity index (χ0) is 15.4. The molecule has 5 nitrogen and oxygen atoms in total. The predicted molar refractivity (Wildman–Crippen MR) is 86.6 cm³/mol. The van der Waals surface area contributed by atoms with E-state index in [4.69, 9.17) is 0 Å². The highest BCUT2D eigenvalue weighted by Crippen LogP contribution is 2.31. The average Bonchev–Trinajstić information content (AvgIpc) is 2.91. The smallest absolute Gasteiger partial charge is 0.358 e. The Bertz CT molecular complexity index is 522. The first-order valence-corrected chi connectivity index (χ1v) is 9.05. The molecule has 7 heteroatoms. The molecule has 21 heavy (non-hydrogen) atoms. The summed E-state index contributed by atoms with van der Waals surface area (Å²) in [6.07, 6.45) is 6.71. The minimum atomic E-state index is -0.560. The molecular weight excluding hydrogens is 308 g/mol. The number of methoxy groups -OCH3 is 1. The van der Waals surface area contributed by atoms with E-state index in [1.165, 1.54) is 38.2 Å². The second kappa shape index (κ2) is 7.26. The SMILES string of the molecule is COC(=O)c1nc(NC2CCC(SC)CC2)sc1C(C)=O. The first kappa shape index (κ1) is 16.3. The van der Waals surface area contributed by atoms with Gasteiger partial charge in [-0.05, 0) is 31.9 Å². The van der Waals surface area contributed by atoms with Crippen LogP contribution in [0.3, 0.4) is 0 Å². The standard InChI is InChI=1S/C14H20N2O3S2/c1-8(17)12-11(13(18)19-2)16-14(21-12)15-9-4-6-10(20-3)7-5-9/h9-10H,4-7H2,1-3H3,(H,15,16). The molecule has 0 aliphatic heterocycles. The molecule has 1 aliphatic rings. The van der Waals surface area contributed by atoms with Crippen LogP contribution < -0.4 is 5.32 Å². The number of thioether (sulfide) groups is 1. The van der Waals surface area contributed by atoms with Crippen molar-refractivity contribution in [1.82, 2.24) is 4.98 Å². The summed E-state index contributed by atoms with van der Waals surface area (Å²) >= 11 is 3.16. The Morgan fingerprint density at radius 1 is 1.33 bits per heavy atom. The highest BCUT2D eigenvalue weighted by atomic mass is 32.2. The summed E-state index contributed by atoms with van der Waals surface area (Å²) in [5.41, 5.74) is 0.121. The molecule has 2 rings (SSSR count). The normalized spacial score (nSPS) is 21.9. The first-order chi connectivity index (χ1) is 10.0. The number of Topliss-reactive ketones (excluding diaryl/α,β-unsaturated/α-hetero) is 1. The van der Waals surface area contributed by atoms with Crippen LogP contribution in [0.1, 0.15) is 52.8 Å². The van der Waals surface area contributed by atoms with Crippen LogP contribution in [0.25, 0.3) is 0 Å². The van der Waals surface area contributed by atoms with Crippen molar-refractivity contribution in [2.45, 2.75) is 43.9 Å². The Balaban J connectivity index is 2.07. The minimum absolute atomic E-state index is 0.121. The number of nitrogens with zero attached hydrogens (tertiary/aromatic N) is 1. The summed E-state index contributed by atoms with van der Waals surface area (Å²) in [6, 6.07) is 0.366. The largest absolute Gasteiger partial charge is 0.464 e. The predicted octanol–water partition coefficient (Wildman–Crippen LogP) is 3.22. The molecule has 0 radical (unpaired) electrons. The third kappa shape index (κ3) is 3.97. The number of rotatable bonds is 5. The van der Waals surface area contributed by atoms with E-state index < -0.39 is 5.97 Å². The van der Waals surface area contributed by atoms with E-state index in [0.717, 1.165) is 18.1 Å². The summed E-state index contributed by atoms with van der Waals surface area (Å²) in [5.74, 6) is -0.720. The van der Waals surface area contributed by atoms with Crippen molar-refractivity contribution in [3.05, 3.63) is 10.6 Å². The number of hydrogen-bond acceptors (Lipinski definition) is 7. The fourth-order valence-electron chi connectivity index (χ4n) is 2.47. The Morgan fingerprint density at radius 2 is 2.00 bits per heavy atom. The van der Waals surface area contributed by atoms with Gasteiger partial charge in [-0.15, -0.1) is 0 Å². The van der Waals surface area contributed by atoms with Crippen molar-refractivity contribution in [2.75, 3.05) is 18.7 Å². The van der Waals surface area contributed by atoms with Crippen LogP contribution in [-0.4, -0.2) is 41.4 Å². The van der Waals surface area contributed by atoms with Crippen LogP contribution in [0, 0.1) is 0 Å². The van der Waals surface area contributed by atoms with Crippen molar-refractivity contribution in [3.8, 4) is 0 Å². The van der Waals surface area contributed by atoms with Crippen molar-refractivity contribution >= 4 is 40.0 Å². The molecule has 0 aromatic carbocycles. The third-order valence-corrected chi connectivity index (χ3v) is 5.89. The van der Waals surface area contributed by atoms with Crippen molar-refractivity contribution in [1.29, 1.82) is 0 Å². The van der Waals surface area contributed by atoms with Gasteiger partial charge in [-0.2, -0.15) is 11.8 Å². The molecule has 0 unspecified atom stereocenters. The summed E-state index contributed by atoms with van der Waals surface area (Å²) < 4.78 is 4.68. The molecular formula is C14H20N2O3S2. The van der Waals surface area contributed by atoms with Crippen LogP contribution in [0.4, 0.5) is 5.13 Å². The maximum atomic E-state index is 11.7. The molecule has 1 fully saturated rings. The second-order valence-corrected chi connectivity index (χ2v) is 7.24. The number of hydrogen-bond donors (Lipinski definition) is 1. The van der Waals surface area contributed by atoms with Gasteiger partial charge in [0, 0.05) is 18.2 Å². The lowest BCUT2D eigenvalue weighted by molar-refractivity contribution is 0.0591. The van der Waals surface area contributed by atoms with Crippen LogP contribution in [0.15, 0.2) is 0 Å². The van der Waals surface area contributed by atoms with Crippen LogP contribution in [0.5, 0.6) is 0 Å². The number of carbonyl (C=O) groups is 2. The van der Waals surface area contributed by atoms with Gasteiger partial charge in [0.25, 0.3) is 0 Å². The van der Waals surface area contributed by atoms with Crippen LogP contribution in [0.2, 0.25) is 0 Å². The summed E-state index contributed by atoms with van der Waals surface area (Å²) in [5, 5.41) is 4.74. The molecule has 0 bridgehead atoms. The number of thiazole rings is 1. The number of carbonyl (C=O) groups excluding carboxylic acids is 2. The van der Waals surface area contributed by atoms with Crippen molar-refractivity contribution in [2.24, 2.45) is 0 Å². The molecule has 0 amide bonds. The monoisotopic (exact) mass is 328 g/mol. The van der Waals surface area contributed by atoms with E-state index in [1.807, 2.05) is 11.8 Å². The number of esters is 1.